The van der Waals surface area contributed by atoms with Crippen molar-refractivity contribution in [1.29, 1.82) is 0 Å². The zero-order chi connectivity index (χ0) is 90.7. The number of alkyl halides is 3. The Hall–Kier alpha value is -11.7. The Bertz CT molecular complexity index is 5280. The molecule has 7 aromatic carbocycles. The molecule has 18 unspecified atom stereocenters. The highest BCUT2D eigenvalue weighted by atomic mass is 35.5. The highest BCUT2D eigenvalue weighted by molar-refractivity contribution is 6.32. The standard InChI is InChI=1S/C83H91Cl2F3N12O25/c1-34(2)21-49(90-5)74(112)97-64-66(106)39-14-19-53(47(84)24-39)120-55-26-41-27-56(70(55)124-81-71(69(109)68(108)57(33-101)122-81)123-59-31-82(4,72(110)35(3)119-59)91-32-36-9-8-10-42(22-36)92-73(111)37-11-16-44(17-12-37)125-83(86,87)88)121-54-20-15-40(25-48(54)85)67(107)65-79(117)96-63(80(118)99-100(6)7)46-28-43(102)29-52(104)60(46)45-23-38(13-18-51(45)103)61(76(114)98-65)95-77(115)62(41)94-75(113)50(30-58(89)105)93-78(64)116/h8-20,22-29,34-35,49-50,57,59,61-69,71-72,81,90-91,101-104,106-110H,21,30-33H2,1-7H3,(H2,89,105)(H,92,111)(H,93,116)(H,94,113)(H,95,115)(H,96,117)(H,97,112)(H,98,114)(H,99,118). The van der Waals surface area contributed by atoms with Crippen molar-refractivity contribution in [1.82, 2.24) is 53.0 Å². The lowest BCUT2D eigenvalue weighted by Gasteiger charge is -2.48. The van der Waals surface area contributed by atoms with Gasteiger partial charge in [-0.1, -0.05) is 67.4 Å². The SMILES string of the molecule is CNC(CC(C)C)C(=O)NC1C(=O)NC(CC(N)=O)C(=O)NC2C(=O)NC3C(=O)NC(C(=O)NC(C(=O)NN(C)C)c4cc(O)cc(O)c4-c4cc3ccc4O)C(O)c3ccc(c(Cl)c3)Oc3cc2cc(c3OC2OC(CO)C(O)C(O)C2OC2CC(C)(NCc3cccc(NC(=O)c4ccc(OC(F)(F)F)cc4)c3)C(O)C(C)O2)Oc2ccc(cc2Cl)C1O. The first-order valence-electron chi connectivity index (χ1n) is 39.0. The molecule has 668 valence electrons. The van der Waals surface area contributed by atoms with Gasteiger partial charge in [-0.3, -0.25) is 48.6 Å². The van der Waals surface area contributed by atoms with Crippen molar-refractivity contribution < 1.29 is 135 Å². The van der Waals surface area contributed by atoms with Crippen LogP contribution in [0.2, 0.25) is 10.0 Å². The number of carbonyl (C=O) groups excluding carboxylic acids is 9. The number of likely N-dealkylation sites (N-methyl/N-ethyl adjacent to an activating group) is 1. The van der Waals surface area contributed by atoms with Gasteiger partial charge in [0.15, 0.2) is 23.9 Å². The minimum Gasteiger partial charge on any atom is -0.508 e. The van der Waals surface area contributed by atoms with Gasteiger partial charge in [0, 0.05) is 61.0 Å². The maximum atomic E-state index is 16.3. The summed E-state index contributed by atoms with van der Waals surface area (Å²) >= 11 is 14.4. The molecule has 0 spiro atoms. The monoisotopic (exact) mass is 1780 g/mol. The molecular weight excluding hydrogens is 1690 g/mol. The Balaban J connectivity index is 1.01. The number of amides is 9. The third-order valence-corrected chi connectivity index (χ3v) is 21.9. The number of phenolic OH excluding ortho intramolecular Hbond substituents is 3. The molecule has 125 heavy (non-hydrogen) atoms. The van der Waals surface area contributed by atoms with Gasteiger partial charge in [0.1, 0.15) is 101 Å². The van der Waals surface area contributed by atoms with Crippen LogP contribution in [0.5, 0.6) is 51.7 Å². The summed E-state index contributed by atoms with van der Waals surface area (Å²) in [4.78, 5) is 133. The topological polar surface area (TPSA) is 550 Å². The molecule has 0 aliphatic carbocycles. The van der Waals surface area contributed by atoms with E-state index in [9.17, 15) is 78.3 Å². The van der Waals surface area contributed by atoms with Gasteiger partial charge in [-0.2, -0.15) is 0 Å². The van der Waals surface area contributed by atoms with E-state index < -0.39 is 260 Å². The molecule has 21 N–H and O–H groups in total. The van der Waals surface area contributed by atoms with Gasteiger partial charge in [-0.05, 0) is 158 Å². The van der Waals surface area contributed by atoms with Crippen molar-refractivity contribution in [2.45, 2.75) is 169 Å². The van der Waals surface area contributed by atoms with E-state index in [1.54, 1.807) is 31.2 Å². The van der Waals surface area contributed by atoms with Gasteiger partial charge in [0.2, 0.25) is 53.4 Å². The first-order valence-corrected chi connectivity index (χ1v) is 39.8. The number of hydrogen-bond donors (Lipinski definition) is 20. The number of aliphatic hydroxyl groups is 6. The van der Waals surface area contributed by atoms with Crippen LogP contribution in [0.15, 0.2) is 127 Å². The van der Waals surface area contributed by atoms with Crippen molar-refractivity contribution in [2.75, 3.05) is 33.1 Å². The van der Waals surface area contributed by atoms with Gasteiger partial charge >= 0.3 is 6.36 Å². The van der Waals surface area contributed by atoms with E-state index >= 15 is 24.0 Å². The molecule has 2 fully saturated rings. The van der Waals surface area contributed by atoms with Crippen LogP contribution in [0.1, 0.15) is 121 Å². The van der Waals surface area contributed by atoms with Crippen molar-refractivity contribution in [3.63, 3.8) is 0 Å². The fraction of sp³-hybridized carbons (Fsp3) is 0.386. The number of ether oxygens (including phenoxy) is 7. The number of fused-ring (bicyclic) bond motifs is 15. The zero-order valence-corrected chi connectivity index (χ0v) is 69.0. The van der Waals surface area contributed by atoms with Crippen LogP contribution in [0.3, 0.4) is 0 Å². The normalized spacial score (nSPS) is 26.1. The molecule has 7 aromatic rings. The van der Waals surface area contributed by atoms with Gasteiger partial charge in [0.25, 0.3) is 11.8 Å². The van der Waals surface area contributed by atoms with Crippen LogP contribution >= 0.6 is 23.2 Å². The van der Waals surface area contributed by atoms with Crippen molar-refractivity contribution in [3.8, 4) is 62.9 Å². The summed E-state index contributed by atoms with van der Waals surface area (Å²) in [5.74, 6) is -16.5. The van der Waals surface area contributed by atoms with E-state index in [4.69, 9.17) is 57.4 Å². The van der Waals surface area contributed by atoms with E-state index in [1.807, 2.05) is 13.8 Å². The Morgan fingerprint density at radius 1 is 0.704 bits per heavy atom. The van der Waals surface area contributed by atoms with Gasteiger partial charge in [-0.15, -0.1) is 13.2 Å². The summed E-state index contributed by atoms with van der Waals surface area (Å²) in [7, 11) is 4.27. The molecule has 37 nitrogen and oxygen atoms in total. The number of nitrogens with zero attached hydrogens (tertiary/aromatic N) is 1. The van der Waals surface area contributed by atoms with Crippen molar-refractivity contribution >= 4 is 82.1 Å². The summed E-state index contributed by atoms with van der Waals surface area (Å²) in [5.41, 5.74) is 5.06. The maximum Gasteiger partial charge on any atom is 0.573 e. The number of aliphatic hydroxyl groups excluding tert-OH is 6. The third kappa shape index (κ3) is 21.3. The predicted molar refractivity (Wildman–Crippen MR) is 434 cm³/mol. The van der Waals surface area contributed by atoms with E-state index in [-0.39, 0.29) is 59.0 Å². The fourth-order valence-electron chi connectivity index (χ4n) is 15.0. The molecule has 9 amide bonds. The second-order valence-electron chi connectivity index (χ2n) is 31.2. The summed E-state index contributed by atoms with van der Waals surface area (Å²) in [6, 6.07) is 10.3. The first kappa shape index (κ1) is 92.4. The number of rotatable bonds is 20. The minimum atomic E-state index is -4.97. The number of carbonyl (C=O) groups is 9. The smallest absolute Gasteiger partial charge is 0.508 e. The van der Waals surface area contributed by atoms with E-state index in [2.05, 4.69) is 58.0 Å². The van der Waals surface area contributed by atoms with Gasteiger partial charge in [0.05, 0.1) is 41.3 Å². The maximum absolute atomic E-state index is 16.3. The number of hydrazine groups is 1. The third-order valence-electron chi connectivity index (χ3n) is 21.3. The molecule has 14 rings (SSSR count). The zero-order valence-electron chi connectivity index (χ0n) is 67.5. The average molecular weight is 1780 g/mol. The Morgan fingerprint density at radius 2 is 1.34 bits per heavy atom. The van der Waals surface area contributed by atoms with Gasteiger partial charge < -0.3 is 133 Å². The number of aromatic hydroxyl groups is 3. The number of anilines is 1. The number of primary amides is 1. The first-order chi connectivity index (χ1) is 59.1. The molecule has 42 heteroatoms. The molecule has 0 radical (unpaired) electrons. The summed E-state index contributed by atoms with van der Waals surface area (Å²) < 4.78 is 82.0. The number of nitrogens with two attached hydrogens (primary N) is 1. The largest absolute Gasteiger partial charge is 0.573 e. The lowest BCUT2D eigenvalue weighted by molar-refractivity contribution is -0.334. The molecule has 7 heterocycles. The number of halogens is 5. The molecule has 11 bridgehead atoms. The summed E-state index contributed by atoms with van der Waals surface area (Å²) in [6.45, 7) is 5.65. The van der Waals surface area contributed by atoms with Crippen LogP contribution in [0.25, 0.3) is 11.1 Å². The van der Waals surface area contributed by atoms with Crippen molar-refractivity contribution in [3.05, 3.63) is 176 Å². The highest BCUT2D eigenvalue weighted by Gasteiger charge is 2.53. The second-order valence-corrected chi connectivity index (χ2v) is 32.1. The van der Waals surface area contributed by atoms with E-state index in [0.717, 1.165) is 91.0 Å². The number of benzene rings is 7. The molecule has 0 saturated carbocycles. The molecule has 7 aliphatic rings. The molecule has 18 atom stereocenters. The van der Waals surface area contributed by atoms with Crippen LogP contribution < -0.4 is 78.0 Å². The molecular formula is C83H91Cl2F3N12O25. The summed E-state index contributed by atoms with van der Waals surface area (Å²) in [5, 5.41) is 131. The van der Waals surface area contributed by atoms with Crippen LogP contribution in [-0.4, -0.2) is 217 Å². The number of phenols is 3. The van der Waals surface area contributed by atoms with Crippen LogP contribution in [0, 0.1) is 5.92 Å². The van der Waals surface area contributed by atoms with E-state index in [1.165, 1.54) is 45.2 Å². The Kier molecular flexibility index (Phi) is 28.4. The second kappa shape index (κ2) is 38.4. The number of nitrogens with one attached hydrogen (secondary N) is 10. The molecule has 2 saturated heterocycles. The average Bonchev–Trinajstić information content (AvgIpc) is 0.763. The van der Waals surface area contributed by atoms with Crippen LogP contribution in [0.4, 0.5) is 18.9 Å². The van der Waals surface area contributed by atoms with E-state index in [0.29, 0.717) is 5.56 Å². The summed E-state index contributed by atoms with van der Waals surface area (Å²) in [6.07, 6.45) is -24.6. The van der Waals surface area contributed by atoms with Crippen LogP contribution in [-0.2, 0) is 59.1 Å². The highest BCUT2D eigenvalue weighted by Crippen LogP contribution is 2.50. The quantitative estimate of drug-likeness (QED) is 0.0485. The molecule has 7 aliphatic heterocycles. The Labute approximate surface area is 720 Å². The minimum absolute atomic E-state index is 0.00855. The lowest BCUT2D eigenvalue weighted by atomic mass is 9.84. The fourth-order valence-corrected chi connectivity index (χ4v) is 15.5. The Morgan fingerprint density at radius 3 is 1.95 bits per heavy atom. The molecule has 0 aromatic heterocycles. The lowest BCUT2D eigenvalue weighted by Crippen LogP contribution is -2.65. The van der Waals surface area contributed by atoms with Gasteiger partial charge in [-0.25, -0.2) is 5.01 Å². The predicted octanol–water partition coefficient (Wildman–Crippen LogP) is 3.60. The number of hydrogen-bond acceptors (Lipinski definition) is 28. The van der Waals surface area contributed by atoms with Crippen molar-refractivity contribution in [2.24, 2.45) is 11.7 Å².